The molecule has 3 aromatic carbocycles. The second-order valence-electron chi connectivity index (χ2n) is 7.24. The molecule has 148 valence electrons. The quantitative estimate of drug-likeness (QED) is 0.456. The molecule has 2 aromatic heterocycles. The third-order valence-corrected chi connectivity index (χ3v) is 5.42. The monoisotopic (exact) mass is 396 g/mol. The first kappa shape index (κ1) is 18.1. The smallest absolute Gasteiger partial charge is 0.336 e. The highest BCUT2D eigenvalue weighted by Gasteiger charge is 2.15. The fraction of sp³-hybridized carbons (Fsp3) is 0.125. The number of para-hydroxylation sites is 1. The van der Waals surface area contributed by atoms with Crippen molar-refractivity contribution in [2.75, 3.05) is 0 Å². The van der Waals surface area contributed by atoms with Crippen molar-refractivity contribution in [2.45, 2.75) is 19.5 Å². The van der Waals surface area contributed by atoms with Crippen molar-refractivity contribution in [3.05, 3.63) is 106 Å². The predicted molar refractivity (Wildman–Crippen MR) is 118 cm³/mol. The Labute approximate surface area is 172 Å². The van der Waals surface area contributed by atoms with Gasteiger partial charge < -0.3 is 4.57 Å². The van der Waals surface area contributed by atoms with Crippen LogP contribution in [0.3, 0.4) is 0 Å². The number of nitrogens with zero attached hydrogens (tertiary/aromatic N) is 4. The van der Waals surface area contributed by atoms with E-state index in [1.807, 2.05) is 71.4 Å². The van der Waals surface area contributed by atoms with E-state index in [0.717, 1.165) is 23.7 Å². The number of hydrogen-bond donors (Lipinski definition) is 0. The first-order valence-electron chi connectivity index (χ1n) is 9.92. The van der Waals surface area contributed by atoms with E-state index in [-0.39, 0.29) is 11.2 Å². The lowest BCUT2D eigenvalue weighted by atomic mass is 10.1. The van der Waals surface area contributed by atoms with Crippen molar-refractivity contribution in [3.8, 4) is 5.69 Å². The van der Waals surface area contributed by atoms with Gasteiger partial charge in [-0.3, -0.25) is 9.36 Å². The number of aromatic nitrogens is 4. The number of rotatable bonds is 5. The van der Waals surface area contributed by atoms with Gasteiger partial charge in [-0.15, -0.1) is 0 Å². The summed E-state index contributed by atoms with van der Waals surface area (Å²) in [5.41, 5.74) is 0.658. The summed E-state index contributed by atoms with van der Waals surface area (Å²) in [5.74, 6) is 0. The van der Waals surface area contributed by atoms with Gasteiger partial charge in [0.1, 0.15) is 0 Å². The highest BCUT2D eigenvalue weighted by atomic mass is 16.2. The van der Waals surface area contributed by atoms with E-state index >= 15 is 0 Å². The molecule has 5 rings (SSSR count). The zero-order valence-electron chi connectivity index (χ0n) is 16.3. The third-order valence-electron chi connectivity index (χ3n) is 5.42. The van der Waals surface area contributed by atoms with Gasteiger partial charge in [-0.25, -0.2) is 14.3 Å². The largest absolute Gasteiger partial charge is 0.337 e. The zero-order valence-corrected chi connectivity index (χ0v) is 16.3. The Hall–Kier alpha value is -3.93. The summed E-state index contributed by atoms with van der Waals surface area (Å²) < 4.78 is 4.99. The molecule has 30 heavy (non-hydrogen) atoms. The van der Waals surface area contributed by atoms with Crippen LogP contribution in [-0.2, 0) is 13.1 Å². The number of fused-ring (bicyclic) bond motifs is 2. The van der Waals surface area contributed by atoms with Crippen LogP contribution in [0.1, 0.15) is 6.42 Å². The second kappa shape index (κ2) is 7.48. The van der Waals surface area contributed by atoms with E-state index < -0.39 is 0 Å². The molecule has 0 atom stereocenters. The van der Waals surface area contributed by atoms with Gasteiger partial charge in [-0.2, -0.15) is 0 Å². The Balaban J connectivity index is 1.71. The van der Waals surface area contributed by atoms with E-state index in [1.165, 1.54) is 4.57 Å². The molecule has 2 heterocycles. The number of benzene rings is 3. The van der Waals surface area contributed by atoms with Crippen LogP contribution in [0, 0.1) is 0 Å². The van der Waals surface area contributed by atoms with Crippen LogP contribution in [0.25, 0.3) is 27.4 Å². The Morgan fingerprint density at radius 1 is 0.800 bits per heavy atom. The highest BCUT2D eigenvalue weighted by molar-refractivity contribution is 5.90. The number of hydrogen-bond acceptors (Lipinski definition) is 3. The van der Waals surface area contributed by atoms with Gasteiger partial charge in [0.05, 0.1) is 22.9 Å². The molecule has 0 aliphatic rings. The Morgan fingerprint density at radius 3 is 2.40 bits per heavy atom. The molecule has 0 aliphatic carbocycles. The van der Waals surface area contributed by atoms with Gasteiger partial charge in [0.25, 0.3) is 5.56 Å². The average Bonchev–Trinajstić information content (AvgIpc) is 3.30. The summed E-state index contributed by atoms with van der Waals surface area (Å²) >= 11 is 0. The fourth-order valence-corrected chi connectivity index (χ4v) is 3.98. The van der Waals surface area contributed by atoms with Crippen LogP contribution in [0.4, 0.5) is 0 Å². The Kier molecular flexibility index (Phi) is 4.52. The van der Waals surface area contributed by atoms with Crippen molar-refractivity contribution in [1.82, 2.24) is 18.7 Å². The van der Waals surface area contributed by atoms with Gasteiger partial charge in [-0.05, 0) is 30.0 Å². The molecule has 0 saturated carbocycles. The summed E-state index contributed by atoms with van der Waals surface area (Å²) in [4.78, 5) is 30.9. The molecule has 0 aliphatic heterocycles. The van der Waals surface area contributed by atoms with Crippen LogP contribution >= 0.6 is 0 Å². The maximum Gasteiger partial charge on any atom is 0.336 e. The zero-order chi connectivity index (χ0) is 20.5. The molecule has 6 heteroatoms. The summed E-state index contributed by atoms with van der Waals surface area (Å²) in [5, 5.41) is 2.40. The molecular formula is C24H20N4O2. The topological polar surface area (TPSA) is 61.8 Å². The van der Waals surface area contributed by atoms with Crippen LogP contribution in [0.15, 0.2) is 95.0 Å². The normalized spacial score (nSPS) is 11.3. The summed E-state index contributed by atoms with van der Waals surface area (Å²) in [6.45, 7) is 1.25. The molecule has 0 saturated heterocycles. The minimum atomic E-state index is -0.319. The maximum atomic E-state index is 13.5. The fourth-order valence-electron chi connectivity index (χ4n) is 3.98. The van der Waals surface area contributed by atoms with Gasteiger partial charge in [-0.1, -0.05) is 48.5 Å². The molecular weight excluding hydrogens is 376 g/mol. The Morgan fingerprint density at radius 2 is 1.57 bits per heavy atom. The van der Waals surface area contributed by atoms with E-state index in [9.17, 15) is 9.59 Å². The lowest BCUT2D eigenvalue weighted by Gasteiger charge is -2.15. The molecule has 0 bridgehead atoms. The summed E-state index contributed by atoms with van der Waals surface area (Å²) in [7, 11) is 0. The minimum absolute atomic E-state index is 0.294. The third kappa shape index (κ3) is 3.03. The van der Waals surface area contributed by atoms with Crippen LogP contribution in [0.2, 0.25) is 0 Å². The van der Waals surface area contributed by atoms with E-state index in [1.54, 1.807) is 23.2 Å². The molecule has 0 fully saturated rings. The van der Waals surface area contributed by atoms with Crippen LogP contribution in [0.5, 0.6) is 0 Å². The van der Waals surface area contributed by atoms with Crippen LogP contribution in [-0.4, -0.2) is 18.7 Å². The van der Waals surface area contributed by atoms with Crippen molar-refractivity contribution < 1.29 is 0 Å². The van der Waals surface area contributed by atoms with Gasteiger partial charge >= 0.3 is 5.69 Å². The Bertz CT molecular complexity index is 1460. The van der Waals surface area contributed by atoms with Crippen molar-refractivity contribution in [3.63, 3.8) is 0 Å². The molecule has 0 radical (unpaired) electrons. The standard InChI is InChI=1S/C24H20N4O2/c29-23-20-10-3-4-11-21(20)27(15-6-14-26-16-13-25-17-26)24(30)28(23)22-12-5-8-18-7-1-2-9-19(18)22/h1-5,7-13,16-17H,6,14-15H2. The lowest BCUT2D eigenvalue weighted by Crippen LogP contribution is -2.39. The predicted octanol–water partition coefficient (Wildman–Crippen LogP) is 3.59. The van der Waals surface area contributed by atoms with Crippen LogP contribution < -0.4 is 11.2 Å². The van der Waals surface area contributed by atoms with Gasteiger partial charge in [0.15, 0.2) is 0 Å². The van der Waals surface area contributed by atoms with Crippen molar-refractivity contribution in [2.24, 2.45) is 0 Å². The van der Waals surface area contributed by atoms with E-state index in [0.29, 0.717) is 23.1 Å². The van der Waals surface area contributed by atoms with Gasteiger partial charge in [0, 0.05) is 30.9 Å². The van der Waals surface area contributed by atoms with Crippen molar-refractivity contribution >= 4 is 21.7 Å². The SMILES string of the molecule is O=c1c2ccccc2n(CCCn2ccnc2)c(=O)n1-c1cccc2ccccc12. The maximum absolute atomic E-state index is 13.5. The number of aryl methyl sites for hydroxylation is 2. The summed E-state index contributed by atoms with van der Waals surface area (Å²) in [6, 6.07) is 20.8. The minimum Gasteiger partial charge on any atom is -0.337 e. The highest BCUT2D eigenvalue weighted by Crippen LogP contribution is 2.21. The van der Waals surface area contributed by atoms with Crippen molar-refractivity contribution in [1.29, 1.82) is 0 Å². The molecule has 0 spiro atoms. The summed E-state index contributed by atoms with van der Waals surface area (Å²) in [6.07, 6.45) is 6.14. The molecule has 5 aromatic rings. The second-order valence-corrected chi connectivity index (χ2v) is 7.24. The van der Waals surface area contributed by atoms with Gasteiger partial charge in [0.2, 0.25) is 0 Å². The molecule has 6 nitrogen and oxygen atoms in total. The molecule has 0 amide bonds. The first-order chi connectivity index (χ1) is 14.7. The number of imidazole rings is 1. The molecule has 0 unspecified atom stereocenters. The van der Waals surface area contributed by atoms with E-state index in [4.69, 9.17) is 0 Å². The van der Waals surface area contributed by atoms with E-state index in [2.05, 4.69) is 4.98 Å². The lowest BCUT2D eigenvalue weighted by molar-refractivity contribution is 0.549. The average molecular weight is 396 g/mol. The first-order valence-corrected chi connectivity index (χ1v) is 9.92. The molecule has 0 N–H and O–H groups in total.